The summed E-state index contributed by atoms with van der Waals surface area (Å²) in [6.07, 6.45) is 0.624. The molecule has 0 aromatic heterocycles. The number of urea groups is 1. The van der Waals surface area contributed by atoms with Crippen molar-refractivity contribution in [2.24, 2.45) is 5.92 Å². The van der Waals surface area contributed by atoms with Gasteiger partial charge >= 0.3 is 6.03 Å². The minimum absolute atomic E-state index is 0.0268. The second kappa shape index (κ2) is 7.49. The molecule has 0 saturated carbocycles. The molecule has 0 radical (unpaired) electrons. The highest BCUT2D eigenvalue weighted by Gasteiger charge is 2.27. The van der Waals surface area contributed by atoms with Gasteiger partial charge in [0.15, 0.2) is 9.84 Å². The number of rotatable bonds is 6. The Labute approximate surface area is 131 Å². The number of ether oxygens (including phenoxy) is 1. The van der Waals surface area contributed by atoms with Crippen molar-refractivity contribution < 1.29 is 17.9 Å². The number of carbonyl (C=O) groups is 1. The van der Waals surface area contributed by atoms with Crippen LogP contribution in [-0.2, 0) is 9.84 Å². The SMILES string of the molecule is Cc1ccccc1OCCNC(=O)NC[C@H]1CCS(=O)(=O)C1. The number of carbonyl (C=O) groups excluding carboxylic acids is 1. The summed E-state index contributed by atoms with van der Waals surface area (Å²) in [5, 5.41) is 5.39. The zero-order valence-electron chi connectivity index (χ0n) is 12.7. The normalized spacial score (nSPS) is 19.6. The molecule has 1 saturated heterocycles. The van der Waals surface area contributed by atoms with E-state index in [0.29, 0.717) is 26.1 Å². The van der Waals surface area contributed by atoms with Gasteiger partial charge in [0.25, 0.3) is 0 Å². The van der Waals surface area contributed by atoms with Crippen molar-refractivity contribution in [1.29, 1.82) is 0 Å². The lowest BCUT2D eigenvalue weighted by Gasteiger charge is -2.12. The predicted octanol–water partition coefficient (Wildman–Crippen LogP) is 1.11. The Morgan fingerprint density at radius 1 is 1.32 bits per heavy atom. The first-order chi connectivity index (χ1) is 10.5. The van der Waals surface area contributed by atoms with E-state index in [4.69, 9.17) is 4.74 Å². The van der Waals surface area contributed by atoms with Crippen LogP contribution in [0.25, 0.3) is 0 Å². The van der Waals surface area contributed by atoms with Gasteiger partial charge in [-0.25, -0.2) is 13.2 Å². The van der Waals surface area contributed by atoms with Crippen LogP contribution in [0.2, 0.25) is 0 Å². The molecule has 1 aromatic carbocycles. The van der Waals surface area contributed by atoms with Crippen molar-refractivity contribution >= 4 is 15.9 Å². The highest BCUT2D eigenvalue weighted by molar-refractivity contribution is 7.91. The van der Waals surface area contributed by atoms with Crippen LogP contribution < -0.4 is 15.4 Å². The third kappa shape index (κ3) is 5.22. The maximum atomic E-state index is 11.6. The van der Waals surface area contributed by atoms with Crippen molar-refractivity contribution in [1.82, 2.24) is 10.6 Å². The minimum atomic E-state index is -2.89. The lowest BCUT2D eigenvalue weighted by molar-refractivity contribution is 0.235. The van der Waals surface area contributed by atoms with Crippen molar-refractivity contribution in [3.63, 3.8) is 0 Å². The monoisotopic (exact) mass is 326 g/mol. The molecule has 0 aliphatic carbocycles. The van der Waals surface area contributed by atoms with Gasteiger partial charge in [-0.3, -0.25) is 0 Å². The third-order valence-electron chi connectivity index (χ3n) is 3.62. The summed E-state index contributed by atoms with van der Waals surface area (Å²) in [5.74, 6) is 1.23. The summed E-state index contributed by atoms with van der Waals surface area (Å²) in [6.45, 7) is 3.13. The van der Waals surface area contributed by atoms with Gasteiger partial charge in [0.1, 0.15) is 12.4 Å². The van der Waals surface area contributed by atoms with Crippen molar-refractivity contribution in [2.45, 2.75) is 13.3 Å². The molecule has 122 valence electrons. The molecule has 1 aliphatic heterocycles. The summed E-state index contributed by atoms with van der Waals surface area (Å²) in [6, 6.07) is 7.40. The zero-order valence-corrected chi connectivity index (χ0v) is 13.5. The van der Waals surface area contributed by atoms with E-state index in [-0.39, 0.29) is 23.5 Å². The molecule has 1 aliphatic rings. The highest BCUT2D eigenvalue weighted by atomic mass is 32.2. The summed E-state index contributed by atoms with van der Waals surface area (Å²) in [4.78, 5) is 11.6. The number of benzene rings is 1. The van der Waals surface area contributed by atoms with E-state index in [1.165, 1.54) is 0 Å². The number of amides is 2. The Morgan fingerprint density at radius 3 is 2.77 bits per heavy atom. The molecule has 1 heterocycles. The first kappa shape index (κ1) is 16.6. The van der Waals surface area contributed by atoms with Crippen LogP contribution in [0, 0.1) is 12.8 Å². The summed E-state index contributed by atoms with van der Waals surface area (Å²) >= 11 is 0. The van der Waals surface area contributed by atoms with Crippen LogP contribution >= 0.6 is 0 Å². The zero-order chi connectivity index (χ0) is 16.0. The molecular weight excluding hydrogens is 304 g/mol. The lowest BCUT2D eigenvalue weighted by Crippen LogP contribution is -2.40. The number of hydrogen-bond donors (Lipinski definition) is 2. The fourth-order valence-electron chi connectivity index (χ4n) is 2.38. The third-order valence-corrected chi connectivity index (χ3v) is 5.45. The summed E-state index contributed by atoms with van der Waals surface area (Å²) in [7, 11) is -2.89. The predicted molar refractivity (Wildman–Crippen MR) is 84.8 cm³/mol. The Morgan fingerprint density at radius 2 is 2.09 bits per heavy atom. The number of sulfone groups is 1. The van der Waals surface area contributed by atoms with E-state index in [9.17, 15) is 13.2 Å². The van der Waals surface area contributed by atoms with Crippen molar-refractivity contribution in [3.05, 3.63) is 29.8 Å². The topological polar surface area (TPSA) is 84.5 Å². The highest BCUT2D eigenvalue weighted by Crippen LogP contribution is 2.17. The molecule has 2 rings (SSSR count). The second-order valence-electron chi connectivity index (χ2n) is 5.52. The van der Waals surface area contributed by atoms with Crippen LogP contribution in [0.1, 0.15) is 12.0 Å². The van der Waals surface area contributed by atoms with Crippen LogP contribution in [0.4, 0.5) is 4.79 Å². The van der Waals surface area contributed by atoms with E-state index in [2.05, 4.69) is 10.6 Å². The molecule has 1 aromatic rings. The smallest absolute Gasteiger partial charge is 0.314 e. The molecule has 6 nitrogen and oxygen atoms in total. The van der Waals surface area contributed by atoms with Crippen LogP contribution in [0.3, 0.4) is 0 Å². The quantitative estimate of drug-likeness (QED) is 0.767. The molecule has 0 spiro atoms. The Balaban J connectivity index is 1.59. The number of para-hydroxylation sites is 1. The summed E-state index contributed by atoms with van der Waals surface area (Å²) < 4.78 is 28.2. The fraction of sp³-hybridized carbons (Fsp3) is 0.533. The molecule has 2 amide bonds. The molecule has 0 unspecified atom stereocenters. The number of hydrogen-bond acceptors (Lipinski definition) is 4. The van der Waals surface area contributed by atoms with Crippen LogP contribution in [-0.4, -0.2) is 45.7 Å². The molecule has 7 heteroatoms. The van der Waals surface area contributed by atoms with E-state index in [1.54, 1.807) is 0 Å². The second-order valence-corrected chi connectivity index (χ2v) is 7.75. The fourth-order valence-corrected chi connectivity index (χ4v) is 4.24. The maximum absolute atomic E-state index is 11.6. The van der Waals surface area contributed by atoms with E-state index in [1.807, 2.05) is 31.2 Å². The molecular formula is C15H22N2O4S. The molecule has 2 N–H and O–H groups in total. The summed E-state index contributed by atoms with van der Waals surface area (Å²) in [5.41, 5.74) is 1.05. The maximum Gasteiger partial charge on any atom is 0.314 e. The van der Waals surface area contributed by atoms with Gasteiger partial charge in [-0.15, -0.1) is 0 Å². The van der Waals surface area contributed by atoms with Gasteiger partial charge in [0.05, 0.1) is 18.1 Å². The average Bonchev–Trinajstić information content (AvgIpc) is 2.82. The van der Waals surface area contributed by atoms with E-state index in [0.717, 1.165) is 11.3 Å². The molecule has 0 bridgehead atoms. The first-order valence-corrected chi connectivity index (χ1v) is 9.19. The van der Waals surface area contributed by atoms with Crippen molar-refractivity contribution in [3.8, 4) is 5.75 Å². The first-order valence-electron chi connectivity index (χ1n) is 7.37. The largest absolute Gasteiger partial charge is 0.491 e. The molecule has 22 heavy (non-hydrogen) atoms. The van der Waals surface area contributed by atoms with Gasteiger partial charge in [-0.1, -0.05) is 18.2 Å². The standard InChI is InChI=1S/C15H22N2O4S/c1-12-4-2-3-5-14(12)21-8-7-16-15(18)17-10-13-6-9-22(19,20)11-13/h2-5,13H,6-11H2,1H3,(H2,16,17,18)/t13-/m1/s1. The number of aryl methyl sites for hydroxylation is 1. The Hall–Kier alpha value is -1.76. The molecule has 1 fully saturated rings. The van der Waals surface area contributed by atoms with Gasteiger partial charge in [-0.2, -0.15) is 0 Å². The van der Waals surface area contributed by atoms with E-state index < -0.39 is 9.84 Å². The van der Waals surface area contributed by atoms with Crippen LogP contribution in [0.5, 0.6) is 5.75 Å². The Bertz CT molecular complexity index is 616. The molecule has 1 atom stereocenters. The number of nitrogens with one attached hydrogen (secondary N) is 2. The van der Waals surface area contributed by atoms with Gasteiger partial charge < -0.3 is 15.4 Å². The lowest BCUT2D eigenvalue weighted by atomic mass is 10.1. The van der Waals surface area contributed by atoms with Crippen LogP contribution in [0.15, 0.2) is 24.3 Å². The Kier molecular flexibility index (Phi) is 5.65. The minimum Gasteiger partial charge on any atom is -0.491 e. The van der Waals surface area contributed by atoms with Crippen molar-refractivity contribution in [2.75, 3.05) is 31.2 Å². The van der Waals surface area contributed by atoms with Gasteiger partial charge in [0, 0.05) is 6.54 Å². The average molecular weight is 326 g/mol. The van der Waals surface area contributed by atoms with Gasteiger partial charge in [0.2, 0.25) is 0 Å². The van der Waals surface area contributed by atoms with Gasteiger partial charge in [-0.05, 0) is 30.9 Å². The van der Waals surface area contributed by atoms with E-state index >= 15 is 0 Å².